The maximum Gasteiger partial charge on any atom is 0.235 e. The van der Waals surface area contributed by atoms with Gasteiger partial charge in [0.2, 0.25) is 5.91 Å². The van der Waals surface area contributed by atoms with Gasteiger partial charge in [0.1, 0.15) is 0 Å². The molecule has 3 nitrogen and oxygen atoms in total. The molecule has 3 rings (SSSR count). The second-order valence-electron chi connectivity index (χ2n) is 5.11. The SMILES string of the molecule is O=C(Nc1ccncc1)C1(c2ccccc2Cl)CCC1. The Balaban J connectivity index is 1.90. The molecule has 1 aromatic carbocycles. The summed E-state index contributed by atoms with van der Waals surface area (Å²) in [7, 11) is 0. The largest absolute Gasteiger partial charge is 0.325 e. The van der Waals surface area contributed by atoms with E-state index in [9.17, 15) is 4.79 Å². The van der Waals surface area contributed by atoms with Crippen LogP contribution in [0.3, 0.4) is 0 Å². The van der Waals surface area contributed by atoms with E-state index in [0.717, 1.165) is 30.5 Å². The Bertz CT molecular complexity index is 623. The molecular formula is C16H15ClN2O. The molecule has 4 heteroatoms. The summed E-state index contributed by atoms with van der Waals surface area (Å²) >= 11 is 6.28. The number of pyridine rings is 1. The summed E-state index contributed by atoms with van der Waals surface area (Å²) in [5, 5.41) is 3.64. The lowest BCUT2D eigenvalue weighted by Gasteiger charge is -2.41. The summed E-state index contributed by atoms with van der Waals surface area (Å²) in [6, 6.07) is 11.2. The van der Waals surface area contributed by atoms with Gasteiger partial charge in [-0.15, -0.1) is 0 Å². The number of aromatic nitrogens is 1. The fraction of sp³-hybridized carbons (Fsp3) is 0.250. The molecule has 0 spiro atoms. The second kappa shape index (κ2) is 5.25. The molecule has 102 valence electrons. The number of hydrogen-bond donors (Lipinski definition) is 1. The van der Waals surface area contributed by atoms with E-state index in [0.29, 0.717) is 5.02 Å². The molecule has 0 atom stereocenters. The monoisotopic (exact) mass is 286 g/mol. The van der Waals surface area contributed by atoms with Crippen LogP contribution in [0.1, 0.15) is 24.8 Å². The minimum atomic E-state index is -0.485. The molecule has 1 saturated carbocycles. The number of amides is 1. The summed E-state index contributed by atoms with van der Waals surface area (Å²) in [4.78, 5) is 16.6. The molecule has 1 heterocycles. The molecule has 1 N–H and O–H groups in total. The summed E-state index contributed by atoms with van der Waals surface area (Å²) in [6.07, 6.45) is 6.06. The van der Waals surface area contributed by atoms with Crippen molar-refractivity contribution < 1.29 is 4.79 Å². The van der Waals surface area contributed by atoms with E-state index in [2.05, 4.69) is 10.3 Å². The van der Waals surface area contributed by atoms with Gasteiger partial charge in [-0.2, -0.15) is 0 Å². The average molecular weight is 287 g/mol. The summed E-state index contributed by atoms with van der Waals surface area (Å²) < 4.78 is 0. The van der Waals surface area contributed by atoms with Crippen molar-refractivity contribution in [3.63, 3.8) is 0 Å². The van der Waals surface area contributed by atoms with Crippen molar-refractivity contribution in [2.75, 3.05) is 5.32 Å². The van der Waals surface area contributed by atoms with Gasteiger partial charge in [0, 0.05) is 23.1 Å². The van der Waals surface area contributed by atoms with Crippen LogP contribution >= 0.6 is 11.6 Å². The van der Waals surface area contributed by atoms with Gasteiger partial charge >= 0.3 is 0 Å². The Morgan fingerprint density at radius 1 is 1.15 bits per heavy atom. The van der Waals surface area contributed by atoms with E-state index in [1.54, 1.807) is 24.5 Å². The van der Waals surface area contributed by atoms with Crippen molar-refractivity contribution in [2.45, 2.75) is 24.7 Å². The van der Waals surface area contributed by atoms with Crippen molar-refractivity contribution in [2.24, 2.45) is 0 Å². The van der Waals surface area contributed by atoms with Crippen LogP contribution in [0.15, 0.2) is 48.8 Å². The number of carbonyl (C=O) groups is 1. The molecule has 0 unspecified atom stereocenters. The molecule has 1 fully saturated rings. The fourth-order valence-corrected chi connectivity index (χ4v) is 3.00. The number of carbonyl (C=O) groups excluding carboxylic acids is 1. The van der Waals surface area contributed by atoms with Gasteiger partial charge < -0.3 is 5.32 Å². The maximum absolute atomic E-state index is 12.7. The zero-order valence-electron chi connectivity index (χ0n) is 11.0. The van der Waals surface area contributed by atoms with Crippen molar-refractivity contribution in [3.05, 3.63) is 59.4 Å². The minimum absolute atomic E-state index is 0.0167. The van der Waals surface area contributed by atoms with E-state index >= 15 is 0 Å². The normalized spacial score (nSPS) is 16.2. The van der Waals surface area contributed by atoms with Gasteiger partial charge in [-0.05, 0) is 36.6 Å². The number of halogens is 1. The summed E-state index contributed by atoms with van der Waals surface area (Å²) in [6.45, 7) is 0. The maximum atomic E-state index is 12.7. The molecule has 0 saturated heterocycles. The van der Waals surface area contributed by atoms with Crippen LogP contribution in [0.2, 0.25) is 5.02 Å². The van der Waals surface area contributed by atoms with E-state index in [-0.39, 0.29) is 5.91 Å². The Hall–Kier alpha value is -1.87. The Morgan fingerprint density at radius 3 is 2.45 bits per heavy atom. The number of nitrogens with zero attached hydrogens (tertiary/aromatic N) is 1. The van der Waals surface area contributed by atoms with E-state index in [1.807, 2.05) is 24.3 Å². The second-order valence-corrected chi connectivity index (χ2v) is 5.51. The first-order chi connectivity index (χ1) is 9.72. The Labute approximate surface area is 123 Å². The highest BCUT2D eigenvalue weighted by Gasteiger charge is 2.46. The van der Waals surface area contributed by atoms with Gasteiger partial charge in [0.05, 0.1) is 5.41 Å². The van der Waals surface area contributed by atoms with Crippen molar-refractivity contribution >= 4 is 23.2 Å². The zero-order chi connectivity index (χ0) is 14.0. The molecule has 1 amide bonds. The van der Waals surface area contributed by atoms with Gasteiger partial charge in [-0.1, -0.05) is 36.2 Å². The fourth-order valence-electron chi connectivity index (χ4n) is 2.68. The number of rotatable bonds is 3. The van der Waals surface area contributed by atoms with Gasteiger partial charge in [0.25, 0.3) is 0 Å². The number of benzene rings is 1. The standard InChI is InChI=1S/C16H15ClN2O/c17-14-5-2-1-4-13(14)16(8-3-9-16)15(20)19-12-6-10-18-11-7-12/h1-2,4-7,10-11H,3,8-9H2,(H,18,19,20). The number of nitrogens with one attached hydrogen (secondary N) is 1. The van der Waals surface area contributed by atoms with E-state index in [4.69, 9.17) is 11.6 Å². The number of anilines is 1. The Kier molecular flexibility index (Phi) is 3.45. The molecule has 2 aromatic rings. The van der Waals surface area contributed by atoms with E-state index < -0.39 is 5.41 Å². The molecule has 1 aliphatic carbocycles. The van der Waals surface area contributed by atoms with Crippen LogP contribution in [0.4, 0.5) is 5.69 Å². The van der Waals surface area contributed by atoms with Crippen LogP contribution in [-0.4, -0.2) is 10.9 Å². The van der Waals surface area contributed by atoms with E-state index in [1.165, 1.54) is 0 Å². The molecule has 0 radical (unpaired) electrons. The molecule has 20 heavy (non-hydrogen) atoms. The molecule has 1 aromatic heterocycles. The smallest absolute Gasteiger partial charge is 0.235 e. The lowest BCUT2D eigenvalue weighted by molar-refractivity contribution is -0.124. The topological polar surface area (TPSA) is 42.0 Å². The predicted molar refractivity (Wildman–Crippen MR) is 79.8 cm³/mol. The Morgan fingerprint density at radius 2 is 1.85 bits per heavy atom. The van der Waals surface area contributed by atoms with Crippen LogP contribution in [0.25, 0.3) is 0 Å². The first kappa shape index (κ1) is 13.1. The first-order valence-electron chi connectivity index (χ1n) is 6.69. The molecule has 0 bridgehead atoms. The summed E-state index contributed by atoms with van der Waals surface area (Å²) in [5.41, 5.74) is 1.21. The highest BCUT2D eigenvalue weighted by molar-refractivity contribution is 6.32. The van der Waals surface area contributed by atoms with Crippen molar-refractivity contribution in [3.8, 4) is 0 Å². The number of hydrogen-bond acceptors (Lipinski definition) is 2. The average Bonchev–Trinajstić information content (AvgIpc) is 2.41. The van der Waals surface area contributed by atoms with Crippen LogP contribution in [0, 0.1) is 0 Å². The first-order valence-corrected chi connectivity index (χ1v) is 7.07. The van der Waals surface area contributed by atoms with Crippen molar-refractivity contribution in [1.29, 1.82) is 0 Å². The molecule has 0 aliphatic heterocycles. The van der Waals surface area contributed by atoms with Gasteiger partial charge in [0.15, 0.2) is 0 Å². The van der Waals surface area contributed by atoms with Crippen molar-refractivity contribution in [1.82, 2.24) is 4.98 Å². The lowest BCUT2D eigenvalue weighted by Crippen LogP contribution is -2.46. The predicted octanol–water partition coefficient (Wildman–Crippen LogP) is 3.80. The summed E-state index contributed by atoms with van der Waals surface area (Å²) in [5.74, 6) is 0.0167. The third-order valence-electron chi connectivity index (χ3n) is 3.97. The third kappa shape index (κ3) is 2.18. The van der Waals surface area contributed by atoms with Gasteiger partial charge in [-0.25, -0.2) is 0 Å². The minimum Gasteiger partial charge on any atom is -0.325 e. The third-order valence-corrected chi connectivity index (χ3v) is 4.30. The molecule has 1 aliphatic rings. The van der Waals surface area contributed by atoms with Crippen LogP contribution in [-0.2, 0) is 10.2 Å². The van der Waals surface area contributed by atoms with Gasteiger partial charge in [-0.3, -0.25) is 9.78 Å². The van der Waals surface area contributed by atoms with Crippen LogP contribution in [0.5, 0.6) is 0 Å². The highest BCUT2D eigenvalue weighted by atomic mass is 35.5. The quantitative estimate of drug-likeness (QED) is 0.932. The highest BCUT2D eigenvalue weighted by Crippen LogP contribution is 2.46. The molecular weight excluding hydrogens is 272 g/mol. The zero-order valence-corrected chi connectivity index (χ0v) is 11.7. The van der Waals surface area contributed by atoms with Crippen LogP contribution < -0.4 is 5.32 Å². The lowest BCUT2D eigenvalue weighted by atomic mass is 9.63.